The summed E-state index contributed by atoms with van der Waals surface area (Å²) in [5.74, 6) is 0.812. The number of hydrogen-bond acceptors (Lipinski definition) is 5. The number of nitrogens with one attached hydrogen (secondary N) is 1. The van der Waals surface area contributed by atoms with Crippen LogP contribution < -0.4 is 10.1 Å². The number of amides is 1. The van der Waals surface area contributed by atoms with Gasteiger partial charge in [0, 0.05) is 11.5 Å². The van der Waals surface area contributed by atoms with Crippen molar-refractivity contribution in [2.45, 2.75) is 39.5 Å². The maximum atomic E-state index is 12.2. The molecule has 0 radical (unpaired) electrons. The molecule has 0 aliphatic heterocycles. The van der Waals surface area contributed by atoms with Crippen LogP contribution >= 0.6 is 11.3 Å². The zero-order valence-electron chi connectivity index (χ0n) is 13.1. The fraction of sp³-hybridized carbons (Fsp3) is 0.438. The van der Waals surface area contributed by atoms with Gasteiger partial charge in [-0.3, -0.25) is 10.1 Å². The summed E-state index contributed by atoms with van der Waals surface area (Å²) in [6.45, 7) is 6.86. The van der Waals surface area contributed by atoms with Crippen molar-refractivity contribution >= 4 is 22.4 Å². The lowest BCUT2D eigenvalue weighted by Gasteiger charge is -2.07. The normalized spacial score (nSPS) is 10.7. The van der Waals surface area contributed by atoms with Crippen molar-refractivity contribution in [3.05, 3.63) is 34.8 Å². The molecular formula is C16H21N3O2S. The van der Waals surface area contributed by atoms with Crippen molar-refractivity contribution in [1.82, 2.24) is 10.2 Å². The minimum atomic E-state index is -0.201. The van der Waals surface area contributed by atoms with E-state index < -0.39 is 0 Å². The minimum Gasteiger partial charge on any atom is -0.494 e. The Morgan fingerprint density at radius 2 is 2.18 bits per heavy atom. The summed E-state index contributed by atoms with van der Waals surface area (Å²) in [5, 5.41) is 12.3. The molecule has 1 aromatic carbocycles. The Labute approximate surface area is 134 Å². The second-order valence-corrected chi connectivity index (χ2v) is 6.29. The number of nitrogens with zero attached hydrogens (tertiary/aromatic N) is 2. The Balaban J connectivity index is 2.00. The van der Waals surface area contributed by atoms with Crippen LogP contribution in [0.15, 0.2) is 24.3 Å². The molecule has 0 fully saturated rings. The smallest absolute Gasteiger partial charge is 0.257 e. The lowest BCUT2D eigenvalue weighted by molar-refractivity contribution is 0.102. The summed E-state index contributed by atoms with van der Waals surface area (Å²) < 4.78 is 5.62. The molecule has 1 amide bonds. The molecule has 0 atom stereocenters. The molecule has 0 saturated carbocycles. The van der Waals surface area contributed by atoms with Gasteiger partial charge in [-0.25, -0.2) is 0 Å². The van der Waals surface area contributed by atoms with Crippen molar-refractivity contribution < 1.29 is 9.53 Å². The van der Waals surface area contributed by atoms with Crippen molar-refractivity contribution in [3.8, 4) is 5.75 Å². The highest BCUT2D eigenvalue weighted by Crippen LogP contribution is 2.23. The van der Waals surface area contributed by atoms with Crippen LogP contribution in [-0.4, -0.2) is 22.7 Å². The van der Waals surface area contributed by atoms with Crippen molar-refractivity contribution in [2.75, 3.05) is 11.9 Å². The molecule has 2 aromatic rings. The lowest BCUT2D eigenvalue weighted by Crippen LogP contribution is -2.11. The van der Waals surface area contributed by atoms with E-state index in [1.807, 2.05) is 26.0 Å². The molecule has 118 valence electrons. The molecule has 1 aromatic heterocycles. The monoisotopic (exact) mass is 319 g/mol. The van der Waals surface area contributed by atoms with Crippen LogP contribution in [-0.2, 0) is 0 Å². The molecule has 2 rings (SSSR count). The Hall–Kier alpha value is -1.95. The molecule has 1 N–H and O–H groups in total. The van der Waals surface area contributed by atoms with E-state index in [4.69, 9.17) is 4.74 Å². The van der Waals surface area contributed by atoms with Crippen molar-refractivity contribution in [2.24, 2.45) is 0 Å². The van der Waals surface area contributed by atoms with Gasteiger partial charge in [-0.1, -0.05) is 44.6 Å². The van der Waals surface area contributed by atoms with E-state index in [2.05, 4.69) is 22.4 Å². The highest BCUT2D eigenvalue weighted by molar-refractivity contribution is 7.15. The fourth-order valence-corrected chi connectivity index (χ4v) is 2.49. The van der Waals surface area contributed by atoms with E-state index in [9.17, 15) is 4.79 Å². The van der Waals surface area contributed by atoms with E-state index in [0.717, 1.165) is 17.8 Å². The average Bonchev–Trinajstić information content (AvgIpc) is 2.96. The van der Waals surface area contributed by atoms with Crippen LogP contribution in [0.3, 0.4) is 0 Å². The number of carbonyl (C=O) groups excluding carboxylic acids is 1. The van der Waals surface area contributed by atoms with Crippen LogP contribution in [0, 0.1) is 0 Å². The van der Waals surface area contributed by atoms with E-state index in [-0.39, 0.29) is 5.91 Å². The van der Waals surface area contributed by atoms with Crippen molar-refractivity contribution in [3.63, 3.8) is 0 Å². The highest BCUT2D eigenvalue weighted by atomic mass is 32.1. The zero-order chi connectivity index (χ0) is 15.9. The first kappa shape index (κ1) is 16.4. The first-order valence-corrected chi connectivity index (χ1v) is 8.29. The van der Waals surface area contributed by atoms with Crippen molar-refractivity contribution in [1.29, 1.82) is 0 Å². The van der Waals surface area contributed by atoms with Crippen LogP contribution in [0.2, 0.25) is 0 Å². The van der Waals surface area contributed by atoms with Gasteiger partial charge in [0.1, 0.15) is 10.8 Å². The predicted molar refractivity (Wildman–Crippen MR) is 88.8 cm³/mol. The van der Waals surface area contributed by atoms with Gasteiger partial charge in [-0.2, -0.15) is 0 Å². The molecule has 22 heavy (non-hydrogen) atoms. The molecule has 0 unspecified atom stereocenters. The number of hydrogen-bond donors (Lipinski definition) is 1. The molecular weight excluding hydrogens is 298 g/mol. The number of rotatable bonds is 7. The maximum Gasteiger partial charge on any atom is 0.257 e. The minimum absolute atomic E-state index is 0.201. The first-order valence-electron chi connectivity index (χ1n) is 7.47. The summed E-state index contributed by atoms with van der Waals surface area (Å²) in [4.78, 5) is 12.2. The summed E-state index contributed by atoms with van der Waals surface area (Å²) >= 11 is 1.40. The van der Waals surface area contributed by atoms with E-state index in [1.54, 1.807) is 12.1 Å². The average molecular weight is 319 g/mol. The van der Waals surface area contributed by atoms with Crippen LogP contribution in [0.25, 0.3) is 0 Å². The van der Waals surface area contributed by atoms with Gasteiger partial charge in [0.15, 0.2) is 0 Å². The van der Waals surface area contributed by atoms with Gasteiger partial charge in [0.2, 0.25) is 5.13 Å². The zero-order valence-corrected chi connectivity index (χ0v) is 13.9. The number of ether oxygens (including phenoxy) is 1. The molecule has 1 heterocycles. The van der Waals surface area contributed by atoms with Crippen LogP contribution in [0.5, 0.6) is 5.75 Å². The highest BCUT2D eigenvalue weighted by Gasteiger charge is 2.12. The van der Waals surface area contributed by atoms with Gasteiger partial charge < -0.3 is 4.74 Å². The van der Waals surface area contributed by atoms with Gasteiger partial charge in [0.25, 0.3) is 5.91 Å². The van der Waals surface area contributed by atoms with Gasteiger partial charge in [0.05, 0.1) is 6.61 Å². The molecule has 0 aliphatic carbocycles. The fourth-order valence-electron chi connectivity index (χ4n) is 1.75. The largest absolute Gasteiger partial charge is 0.494 e. The second kappa shape index (κ2) is 7.89. The standard InChI is InChI=1S/C16H21N3O2S/c1-4-5-9-21-13-8-6-7-12(10-13)14(20)17-16-19-18-15(22-16)11(2)3/h6-8,10-11H,4-5,9H2,1-3H3,(H,17,19,20). The molecule has 0 aliphatic rings. The third-order valence-electron chi connectivity index (χ3n) is 3.02. The Morgan fingerprint density at radius 1 is 1.36 bits per heavy atom. The Kier molecular flexibility index (Phi) is 5.89. The van der Waals surface area contributed by atoms with Gasteiger partial charge in [-0.05, 0) is 24.6 Å². The third-order valence-corrected chi connectivity index (χ3v) is 4.16. The number of anilines is 1. The molecule has 6 heteroatoms. The Morgan fingerprint density at radius 3 is 2.86 bits per heavy atom. The maximum absolute atomic E-state index is 12.2. The summed E-state index contributed by atoms with van der Waals surface area (Å²) in [7, 11) is 0. The lowest BCUT2D eigenvalue weighted by atomic mass is 10.2. The Bertz CT molecular complexity index is 625. The summed E-state index contributed by atoms with van der Waals surface area (Å²) in [5.41, 5.74) is 0.551. The van der Waals surface area contributed by atoms with Crippen LogP contribution in [0.4, 0.5) is 5.13 Å². The third kappa shape index (κ3) is 4.53. The van der Waals surface area contributed by atoms with Gasteiger partial charge >= 0.3 is 0 Å². The summed E-state index contributed by atoms with van der Waals surface area (Å²) in [6, 6.07) is 7.17. The number of benzene rings is 1. The van der Waals surface area contributed by atoms with Gasteiger partial charge in [-0.15, -0.1) is 10.2 Å². The van der Waals surface area contributed by atoms with E-state index in [1.165, 1.54) is 11.3 Å². The number of unbranched alkanes of at least 4 members (excludes halogenated alkanes) is 1. The quantitative estimate of drug-likeness (QED) is 0.781. The number of carbonyl (C=O) groups is 1. The van der Waals surface area contributed by atoms with E-state index >= 15 is 0 Å². The molecule has 0 saturated heterocycles. The van der Waals surface area contributed by atoms with E-state index in [0.29, 0.717) is 29.0 Å². The van der Waals surface area contributed by atoms with Crippen LogP contribution in [0.1, 0.15) is 54.9 Å². The summed E-state index contributed by atoms with van der Waals surface area (Å²) in [6.07, 6.45) is 2.08. The topological polar surface area (TPSA) is 64.1 Å². The number of aromatic nitrogens is 2. The molecule has 0 bridgehead atoms. The first-order chi connectivity index (χ1) is 10.6. The predicted octanol–water partition coefficient (Wildman–Crippen LogP) is 4.09. The molecule has 5 nitrogen and oxygen atoms in total. The second-order valence-electron chi connectivity index (χ2n) is 5.28. The SMILES string of the molecule is CCCCOc1cccc(C(=O)Nc2nnc(C(C)C)s2)c1. The molecule has 0 spiro atoms.